The Morgan fingerprint density at radius 2 is 2.18 bits per heavy atom. The Morgan fingerprint density at radius 3 is 2.94 bits per heavy atom. The Morgan fingerprint density at radius 1 is 1.24 bits per heavy atom. The molecule has 0 aliphatic rings. The molecule has 1 aromatic carbocycles. The summed E-state index contributed by atoms with van der Waals surface area (Å²) in [5.74, 6) is 1.53. The van der Waals surface area contributed by atoms with Gasteiger partial charge in [0.25, 0.3) is 0 Å². The number of methoxy groups -OCH3 is 1. The van der Waals surface area contributed by atoms with Crippen LogP contribution >= 0.6 is 0 Å². The molecule has 0 radical (unpaired) electrons. The zero-order valence-electron chi connectivity index (χ0n) is 9.50. The molecule has 86 valence electrons. The van der Waals surface area contributed by atoms with Crippen LogP contribution in [0.1, 0.15) is 5.56 Å². The second kappa shape index (κ2) is 5.65. The molecular formula is C13H13N3O. The van der Waals surface area contributed by atoms with Gasteiger partial charge in [-0.2, -0.15) is 5.10 Å². The molecule has 0 spiro atoms. The maximum Gasteiger partial charge on any atom is 0.146 e. The van der Waals surface area contributed by atoms with Gasteiger partial charge in [-0.1, -0.05) is 18.2 Å². The van der Waals surface area contributed by atoms with E-state index in [0.717, 1.165) is 11.3 Å². The third-order valence-electron chi connectivity index (χ3n) is 2.15. The third kappa shape index (κ3) is 3.31. The summed E-state index contributed by atoms with van der Waals surface area (Å²) in [7, 11) is 1.64. The van der Waals surface area contributed by atoms with Crippen molar-refractivity contribution in [2.75, 3.05) is 12.5 Å². The quantitative estimate of drug-likeness (QED) is 0.645. The van der Waals surface area contributed by atoms with E-state index in [1.807, 2.05) is 42.5 Å². The van der Waals surface area contributed by atoms with Crippen LogP contribution in [0, 0.1) is 0 Å². The van der Waals surface area contributed by atoms with Crippen molar-refractivity contribution in [3.63, 3.8) is 0 Å². The van der Waals surface area contributed by atoms with Crippen molar-refractivity contribution in [2.45, 2.75) is 0 Å². The van der Waals surface area contributed by atoms with Crippen molar-refractivity contribution < 1.29 is 4.74 Å². The molecule has 2 rings (SSSR count). The molecule has 0 bridgehead atoms. The lowest BCUT2D eigenvalue weighted by Crippen LogP contribution is -1.92. The number of aromatic nitrogens is 1. The molecule has 0 amide bonds. The molecule has 0 atom stereocenters. The van der Waals surface area contributed by atoms with Crippen molar-refractivity contribution in [1.29, 1.82) is 0 Å². The predicted molar refractivity (Wildman–Crippen MR) is 68.4 cm³/mol. The molecular weight excluding hydrogens is 214 g/mol. The van der Waals surface area contributed by atoms with E-state index >= 15 is 0 Å². The number of pyridine rings is 1. The van der Waals surface area contributed by atoms with Gasteiger partial charge in [-0.15, -0.1) is 0 Å². The number of hydrazone groups is 1. The Bertz CT molecular complexity index is 497. The fourth-order valence-corrected chi connectivity index (χ4v) is 1.32. The molecule has 1 aromatic heterocycles. The van der Waals surface area contributed by atoms with Gasteiger partial charge in [0.2, 0.25) is 0 Å². The van der Waals surface area contributed by atoms with Crippen LogP contribution in [0.5, 0.6) is 5.75 Å². The summed E-state index contributed by atoms with van der Waals surface area (Å²) in [6.07, 6.45) is 3.43. The Kier molecular flexibility index (Phi) is 3.70. The van der Waals surface area contributed by atoms with E-state index in [-0.39, 0.29) is 0 Å². The molecule has 0 saturated carbocycles. The maximum absolute atomic E-state index is 5.13. The van der Waals surface area contributed by atoms with E-state index in [1.165, 1.54) is 0 Å². The first-order chi connectivity index (χ1) is 8.38. The van der Waals surface area contributed by atoms with E-state index in [1.54, 1.807) is 19.5 Å². The standard InChI is InChI=1S/C13H13N3O/c1-17-12-6-4-5-11(9-12)10-15-16-13-7-2-3-8-14-13/h2-10H,1H3,(H,14,16)/b15-10+. The van der Waals surface area contributed by atoms with Crippen LogP contribution in [-0.2, 0) is 0 Å². The highest BCUT2D eigenvalue weighted by molar-refractivity contribution is 5.80. The Balaban J connectivity index is 2.00. The fraction of sp³-hybridized carbons (Fsp3) is 0.0769. The molecule has 0 aliphatic carbocycles. The van der Waals surface area contributed by atoms with Crippen molar-refractivity contribution in [3.05, 3.63) is 54.2 Å². The number of rotatable bonds is 4. The highest BCUT2D eigenvalue weighted by atomic mass is 16.5. The zero-order chi connectivity index (χ0) is 11.9. The lowest BCUT2D eigenvalue weighted by molar-refractivity contribution is 0.415. The number of hydrogen-bond donors (Lipinski definition) is 1. The topological polar surface area (TPSA) is 46.5 Å². The lowest BCUT2D eigenvalue weighted by atomic mass is 10.2. The van der Waals surface area contributed by atoms with Gasteiger partial charge in [-0.3, -0.25) is 5.43 Å². The van der Waals surface area contributed by atoms with Gasteiger partial charge in [0.1, 0.15) is 11.6 Å². The first kappa shape index (κ1) is 11.1. The average Bonchev–Trinajstić information content (AvgIpc) is 2.40. The molecule has 4 heteroatoms. The smallest absolute Gasteiger partial charge is 0.146 e. The first-order valence-electron chi connectivity index (χ1n) is 5.22. The molecule has 4 nitrogen and oxygen atoms in total. The van der Waals surface area contributed by atoms with Gasteiger partial charge in [-0.25, -0.2) is 4.98 Å². The second-order valence-corrected chi connectivity index (χ2v) is 3.36. The van der Waals surface area contributed by atoms with E-state index in [2.05, 4.69) is 15.5 Å². The fourth-order valence-electron chi connectivity index (χ4n) is 1.32. The van der Waals surface area contributed by atoms with Crippen molar-refractivity contribution in [1.82, 2.24) is 4.98 Å². The van der Waals surface area contributed by atoms with Gasteiger partial charge < -0.3 is 4.74 Å². The summed E-state index contributed by atoms with van der Waals surface area (Å²) in [5, 5.41) is 4.09. The van der Waals surface area contributed by atoms with Crippen LogP contribution < -0.4 is 10.2 Å². The number of ether oxygens (including phenoxy) is 1. The van der Waals surface area contributed by atoms with Crippen LogP contribution in [0.4, 0.5) is 5.82 Å². The summed E-state index contributed by atoms with van der Waals surface area (Å²) in [6, 6.07) is 13.3. The van der Waals surface area contributed by atoms with Crippen molar-refractivity contribution in [2.24, 2.45) is 5.10 Å². The second-order valence-electron chi connectivity index (χ2n) is 3.36. The number of anilines is 1. The van der Waals surface area contributed by atoms with Crippen LogP contribution in [0.2, 0.25) is 0 Å². The van der Waals surface area contributed by atoms with Crippen LogP contribution in [0.25, 0.3) is 0 Å². The van der Waals surface area contributed by atoms with E-state index < -0.39 is 0 Å². The van der Waals surface area contributed by atoms with Gasteiger partial charge in [0.05, 0.1) is 13.3 Å². The number of benzene rings is 1. The summed E-state index contributed by atoms with van der Waals surface area (Å²) in [5.41, 5.74) is 3.81. The van der Waals surface area contributed by atoms with Crippen LogP contribution in [0.15, 0.2) is 53.8 Å². The van der Waals surface area contributed by atoms with Gasteiger partial charge >= 0.3 is 0 Å². The minimum atomic E-state index is 0.714. The predicted octanol–water partition coefficient (Wildman–Crippen LogP) is 2.54. The van der Waals surface area contributed by atoms with E-state index in [0.29, 0.717) is 5.82 Å². The first-order valence-corrected chi connectivity index (χ1v) is 5.22. The molecule has 1 heterocycles. The minimum absolute atomic E-state index is 0.714. The SMILES string of the molecule is COc1cccc(/C=N/Nc2ccccn2)c1. The highest BCUT2D eigenvalue weighted by Gasteiger charge is 1.92. The van der Waals surface area contributed by atoms with Crippen molar-refractivity contribution >= 4 is 12.0 Å². The molecule has 0 unspecified atom stereocenters. The summed E-state index contributed by atoms with van der Waals surface area (Å²) in [4.78, 5) is 4.09. The number of nitrogens with one attached hydrogen (secondary N) is 1. The monoisotopic (exact) mass is 227 g/mol. The van der Waals surface area contributed by atoms with Crippen LogP contribution in [0.3, 0.4) is 0 Å². The number of nitrogens with zero attached hydrogens (tertiary/aromatic N) is 2. The molecule has 0 aliphatic heterocycles. The Hall–Kier alpha value is -2.36. The Labute approximate surface area is 100.0 Å². The van der Waals surface area contributed by atoms with E-state index in [9.17, 15) is 0 Å². The molecule has 1 N–H and O–H groups in total. The van der Waals surface area contributed by atoms with Gasteiger partial charge in [0.15, 0.2) is 0 Å². The molecule has 0 fully saturated rings. The van der Waals surface area contributed by atoms with Gasteiger partial charge in [0, 0.05) is 6.20 Å². The minimum Gasteiger partial charge on any atom is -0.497 e. The van der Waals surface area contributed by atoms with Gasteiger partial charge in [-0.05, 0) is 29.8 Å². The normalized spacial score (nSPS) is 10.4. The van der Waals surface area contributed by atoms with Crippen molar-refractivity contribution in [3.8, 4) is 5.75 Å². The summed E-state index contributed by atoms with van der Waals surface area (Å²) < 4.78 is 5.13. The highest BCUT2D eigenvalue weighted by Crippen LogP contribution is 2.10. The molecule has 17 heavy (non-hydrogen) atoms. The third-order valence-corrected chi connectivity index (χ3v) is 2.15. The molecule has 2 aromatic rings. The summed E-state index contributed by atoms with van der Waals surface area (Å²) in [6.45, 7) is 0. The van der Waals surface area contributed by atoms with Crippen LogP contribution in [-0.4, -0.2) is 18.3 Å². The zero-order valence-corrected chi connectivity index (χ0v) is 9.50. The number of hydrogen-bond acceptors (Lipinski definition) is 4. The largest absolute Gasteiger partial charge is 0.497 e. The lowest BCUT2D eigenvalue weighted by Gasteiger charge is -2.00. The van der Waals surface area contributed by atoms with E-state index in [4.69, 9.17) is 4.74 Å². The molecule has 0 saturated heterocycles. The summed E-state index contributed by atoms with van der Waals surface area (Å²) >= 11 is 0. The average molecular weight is 227 g/mol. The maximum atomic E-state index is 5.13.